The lowest BCUT2D eigenvalue weighted by molar-refractivity contribution is 0.0691. The third kappa shape index (κ3) is 4.19. The average molecular weight is 376 g/mol. The van der Waals surface area contributed by atoms with Crippen LogP contribution in [0, 0.1) is 11.7 Å². The second-order valence-electron chi connectivity index (χ2n) is 6.47. The van der Waals surface area contributed by atoms with Crippen LogP contribution in [0.2, 0.25) is 5.02 Å². The predicted molar refractivity (Wildman–Crippen MR) is 97.9 cm³/mol. The van der Waals surface area contributed by atoms with E-state index in [1.54, 1.807) is 17.0 Å². The molecule has 3 rings (SSSR count). The monoisotopic (exact) mass is 375 g/mol. The smallest absolute Gasteiger partial charge is 0.274 e. The van der Waals surface area contributed by atoms with Crippen LogP contribution in [0.3, 0.4) is 0 Å². The van der Waals surface area contributed by atoms with Crippen molar-refractivity contribution in [2.24, 2.45) is 5.92 Å². The van der Waals surface area contributed by atoms with E-state index in [-0.39, 0.29) is 22.3 Å². The number of halogens is 2. The molecule has 2 aromatic rings. The van der Waals surface area contributed by atoms with Crippen LogP contribution in [0.5, 0.6) is 0 Å². The minimum atomic E-state index is -0.564. The summed E-state index contributed by atoms with van der Waals surface area (Å²) in [7, 11) is 0. The summed E-state index contributed by atoms with van der Waals surface area (Å²) in [5.41, 5.74) is 0.705. The number of pyridine rings is 1. The number of amides is 2. The number of aromatic nitrogens is 1. The van der Waals surface area contributed by atoms with Crippen LogP contribution in [-0.4, -0.2) is 34.8 Å². The van der Waals surface area contributed by atoms with Crippen LogP contribution in [-0.2, 0) is 0 Å². The van der Waals surface area contributed by atoms with Crippen molar-refractivity contribution in [3.05, 3.63) is 58.6 Å². The molecule has 5 nitrogen and oxygen atoms in total. The van der Waals surface area contributed by atoms with Gasteiger partial charge in [-0.15, -0.1) is 0 Å². The van der Waals surface area contributed by atoms with E-state index in [0.717, 1.165) is 12.8 Å². The van der Waals surface area contributed by atoms with Gasteiger partial charge in [0.2, 0.25) is 0 Å². The van der Waals surface area contributed by atoms with Crippen LogP contribution >= 0.6 is 11.6 Å². The van der Waals surface area contributed by atoms with Gasteiger partial charge in [0.15, 0.2) is 0 Å². The molecule has 0 saturated carbocycles. The molecule has 1 aromatic heterocycles. The standard InChI is InChI=1S/C19H19ClFN3O2/c1-12-7-9-24(10-8-12)19(26)17-4-2-3-16(23-17)18(25)22-13-5-6-15(21)14(20)11-13/h2-6,11-12H,7-10H2,1H3,(H,22,25). The molecule has 1 N–H and O–H groups in total. The number of nitrogens with zero attached hydrogens (tertiary/aromatic N) is 2. The van der Waals surface area contributed by atoms with Crippen LogP contribution < -0.4 is 5.32 Å². The normalized spacial score (nSPS) is 15.0. The number of rotatable bonds is 3. The maximum Gasteiger partial charge on any atom is 0.274 e. The molecule has 7 heteroatoms. The third-order valence-corrected chi connectivity index (χ3v) is 4.74. The number of piperidine rings is 1. The Bertz CT molecular complexity index is 835. The Balaban J connectivity index is 1.72. The molecule has 1 fully saturated rings. The minimum Gasteiger partial charge on any atom is -0.337 e. The molecule has 26 heavy (non-hydrogen) atoms. The molecule has 0 aliphatic carbocycles. The van der Waals surface area contributed by atoms with Gasteiger partial charge in [-0.25, -0.2) is 9.37 Å². The maximum absolute atomic E-state index is 13.2. The molecule has 2 amide bonds. The van der Waals surface area contributed by atoms with Crippen molar-refractivity contribution < 1.29 is 14.0 Å². The molecule has 136 valence electrons. The van der Waals surface area contributed by atoms with E-state index in [4.69, 9.17) is 11.6 Å². The van der Waals surface area contributed by atoms with Gasteiger partial charge in [0.1, 0.15) is 17.2 Å². The number of anilines is 1. The molecule has 0 spiro atoms. The highest BCUT2D eigenvalue weighted by Gasteiger charge is 2.23. The number of carbonyl (C=O) groups is 2. The summed E-state index contributed by atoms with van der Waals surface area (Å²) in [6.45, 7) is 3.57. The van der Waals surface area contributed by atoms with E-state index in [1.807, 2.05) is 0 Å². The van der Waals surface area contributed by atoms with Gasteiger partial charge in [-0.3, -0.25) is 9.59 Å². The van der Waals surface area contributed by atoms with Crippen molar-refractivity contribution in [2.75, 3.05) is 18.4 Å². The van der Waals surface area contributed by atoms with E-state index in [9.17, 15) is 14.0 Å². The summed E-state index contributed by atoms with van der Waals surface area (Å²) >= 11 is 5.71. The van der Waals surface area contributed by atoms with Gasteiger partial charge < -0.3 is 10.2 Å². The Morgan fingerprint density at radius 3 is 2.58 bits per heavy atom. The highest BCUT2D eigenvalue weighted by Crippen LogP contribution is 2.20. The number of nitrogens with one attached hydrogen (secondary N) is 1. The first-order chi connectivity index (χ1) is 12.4. The Labute approximate surface area is 156 Å². The van der Waals surface area contributed by atoms with Crippen LogP contribution in [0.4, 0.5) is 10.1 Å². The number of hydrogen-bond acceptors (Lipinski definition) is 3. The minimum absolute atomic E-state index is 0.0842. The fourth-order valence-corrected chi connectivity index (χ4v) is 3.00. The van der Waals surface area contributed by atoms with Crippen molar-refractivity contribution in [3.63, 3.8) is 0 Å². The fourth-order valence-electron chi connectivity index (χ4n) is 2.82. The summed E-state index contributed by atoms with van der Waals surface area (Å²) in [6, 6.07) is 8.64. The SMILES string of the molecule is CC1CCN(C(=O)c2cccc(C(=O)Nc3ccc(F)c(Cl)c3)n2)CC1. The first kappa shape index (κ1) is 18.3. The van der Waals surface area contributed by atoms with Crippen molar-refractivity contribution >= 4 is 29.1 Å². The third-order valence-electron chi connectivity index (χ3n) is 4.45. The first-order valence-corrected chi connectivity index (χ1v) is 8.84. The molecule has 1 aromatic carbocycles. The van der Waals surface area contributed by atoms with Crippen LogP contribution in [0.15, 0.2) is 36.4 Å². The Kier molecular flexibility index (Phi) is 5.52. The Hall–Kier alpha value is -2.47. The highest BCUT2D eigenvalue weighted by atomic mass is 35.5. The molecule has 1 saturated heterocycles. The summed E-state index contributed by atoms with van der Waals surface area (Å²) in [5.74, 6) is -0.608. The zero-order chi connectivity index (χ0) is 18.7. The van der Waals surface area contributed by atoms with Crippen LogP contribution in [0.25, 0.3) is 0 Å². The molecule has 0 radical (unpaired) electrons. The van der Waals surface area contributed by atoms with Crippen molar-refractivity contribution in [3.8, 4) is 0 Å². The second kappa shape index (κ2) is 7.83. The lowest BCUT2D eigenvalue weighted by Crippen LogP contribution is -2.38. The largest absolute Gasteiger partial charge is 0.337 e. The van der Waals surface area contributed by atoms with Crippen molar-refractivity contribution in [2.45, 2.75) is 19.8 Å². The predicted octanol–water partition coefficient (Wildman–Crippen LogP) is 4.00. The summed E-state index contributed by atoms with van der Waals surface area (Å²) < 4.78 is 13.2. The zero-order valence-corrected chi connectivity index (χ0v) is 15.1. The van der Waals surface area contributed by atoms with Gasteiger partial charge in [0.05, 0.1) is 5.02 Å². The summed E-state index contributed by atoms with van der Waals surface area (Å²) in [6.07, 6.45) is 1.94. The quantitative estimate of drug-likeness (QED) is 0.882. The Morgan fingerprint density at radius 1 is 1.19 bits per heavy atom. The molecule has 2 heterocycles. The molecular weight excluding hydrogens is 357 g/mol. The lowest BCUT2D eigenvalue weighted by atomic mass is 9.99. The lowest BCUT2D eigenvalue weighted by Gasteiger charge is -2.30. The molecule has 0 bridgehead atoms. The van der Waals surface area contributed by atoms with Gasteiger partial charge in [0, 0.05) is 18.8 Å². The van der Waals surface area contributed by atoms with Crippen molar-refractivity contribution in [1.29, 1.82) is 0 Å². The van der Waals surface area contributed by atoms with Crippen molar-refractivity contribution in [1.82, 2.24) is 9.88 Å². The summed E-state index contributed by atoms with van der Waals surface area (Å²) in [5, 5.41) is 2.52. The van der Waals surface area contributed by atoms with Gasteiger partial charge >= 0.3 is 0 Å². The molecule has 0 unspecified atom stereocenters. The van der Waals surface area contributed by atoms with E-state index in [1.165, 1.54) is 24.3 Å². The molecule has 1 aliphatic rings. The molecule has 1 aliphatic heterocycles. The maximum atomic E-state index is 13.2. The van der Waals surface area contributed by atoms with Gasteiger partial charge in [-0.1, -0.05) is 24.6 Å². The van der Waals surface area contributed by atoms with Gasteiger partial charge in [0.25, 0.3) is 11.8 Å². The zero-order valence-electron chi connectivity index (χ0n) is 14.3. The first-order valence-electron chi connectivity index (χ1n) is 8.47. The number of carbonyl (C=O) groups excluding carboxylic acids is 2. The Morgan fingerprint density at radius 2 is 1.88 bits per heavy atom. The number of hydrogen-bond donors (Lipinski definition) is 1. The second-order valence-corrected chi connectivity index (χ2v) is 6.87. The van der Waals surface area contributed by atoms with E-state index in [2.05, 4.69) is 17.2 Å². The van der Waals surface area contributed by atoms with E-state index >= 15 is 0 Å². The summed E-state index contributed by atoms with van der Waals surface area (Å²) in [4.78, 5) is 30.9. The number of benzene rings is 1. The van der Waals surface area contributed by atoms with E-state index in [0.29, 0.717) is 24.7 Å². The van der Waals surface area contributed by atoms with Gasteiger partial charge in [-0.2, -0.15) is 0 Å². The molecular formula is C19H19ClFN3O2. The molecule has 0 atom stereocenters. The highest BCUT2D eigenvalue weighted by molar-refractivity contribution is 6.31. The fraction of sp³-hybridized carbons (Fsp3) is 0.316. The topological polar surface area (TPSA) is 62.3 Å². The average Bonchev–Trinajstić information content (AvgIpc) is 2.65. The van der Waals surface area contributed by atoms with E-state index < -0.39 is 11.7 Å². The number of likely N-dealkylation sites (tertiary alicyclic amines) is 1. The van der Waals surface area contributed by atoms with Crippen LogP contribution in [0.1, 0.15) is 40.7 Å². The van der Waals surface area contributed by atoms with Gasteiger partial charge in [-0.05, 0) is 49.1 Å².